The maximum absolute atomic E-state index is 12.8. The van der Waals surface area contributed by atoms with E-state index in [9.17, 15) is 28.7 Å². The normalized spacial score (nSPS) is 19.2. The van der Waals surface area contributed by atoms with E-state index >= 15 is 0 Å². The molecule has 3 aliphatic rings. The summed E-state index contributed by atoms with van der Waals surface area (Å²) in [6.45, 7) is 5.06. The van der Waals surface area contributed by atoms with E-state index in [-0.39, 0.29) is 29.4 Å². The van der Waals surface area contributed by atoms with Crippen LogP contribution in [0.4, 0.5) is 10.1 Å². The van der Waals surface area contributed by atoms with Gasteiger partial charge < -0.3 is 15.3 Å². The molecule has 15 heteroatoms. The lowest BCUT2D eigenvalue weighted by Gasteiger charge is -2.24. The first-order valence-corrected chi connectivity index (χ1v) is 19.5. The summed E-state index contributed by atoms with van der Waals surface area (Å²) < 4.78 is 17.4. The SMILES string of the molecule is CC(C)(O)c1cc2nn(C3CCCCC3)cc2cc1NC(=O)c1cccc(C#N)n1.CN1CCCC(F)C1.Cn1c(=O)n(C2CCC(=O)NC2=O)c2ccccc21. The molecule has 2 aromatic carbocycles. The number of aryl methyl sites for hydroxylation is 1. The molecule has 5 aromatic rings. The summed E-state index contributed by atoms with van der Waals surface area (Å²) in [5.41, 5.74) is 2.27. The summed E-state index contributed by atoms with van der Waals surface area (Å²) in [6, 6.07) is 17.4. The van der Waals surface area contributed by atoms with Gasteiger partial charge in [0.1, 0.15) is 29.7 Å². The molecule has 8 rings (SSSR count). The van der Waals surface area contributed by atoms with Gasteiger partial charge in [-0.1, -0.05) is 37.5 Å². The van der Waals surface area contributed by atoms with Gasteiger partial charge in [-0.3, -0.25) is 33.5 Å². The predicted molar refractivity (Wildman–Crippen MR) is 214 cm³/mol. The molecule has 3 amide bonds. The third kappa shape index (κ3) is 9.64. The van der Waals surface area contributed by atoms with Crippen molar-refractivity contribution in [1.82, 2.24) is 34.1 Å². The molecule has 2 atom stereocenters. The fourth-order valence-electron chi connectivity index (χ4n) is 7.70. The average Bonchev–Trinajstić information content (AvgIpc) is 3.72. The van der Waals surface area contributed by atoms with Crippen LogP contribution < -0.4 is 16.3 Å². The minimum Gasteiger partial charge on any atom is -0.386 e. The first kappa shape index (κ1) is 40.9. The highest BCUT2D eigenvalue weighted by molar-refractivity contribution is 6.04. The number of imidazole rings is 1. The highest BCUT2D eigenvalue weighted by Gasteiger charge is 2.31. The monoisotopic (exact) mass is 779 g/mol. The van der Waals surface area contributed by atoms with E-state index in [1.165, 1.54) is 28.4 Å². The van der Waals surface area contributed by atoms with Gasteiger partial charge in [-0.15, -0.1) is 0 Å². The number of nitriles is 1. The van der Waals surface area contributed by atoms with Crippen molar-refractivity contribution in [3.05, 3.63) is 88.2 Å². The number of hydrogen-bond acceptors (Lipinski definition) is 9. The van der Waals surface area contributed by atoms with Crippen LogP contribution in [-0.4, -0.2) is 77.9 Å². The number of rotatable bonds is 5. The number of carbonyl (C=O) groups excluding carboxylic acids is 3. The number of para-hydroxylation sites is 2. The van der Waals surface area contributed by atoms with Crippen LogP contribution in [0.3, 0.4) is 0 Å². The molecule has 0 spiro atoms. The largest absolute Gasteiger partial charge is 0.386 e. The number of aromatic nitrogens is 5. The smallest absolute Gasteiger partial charge is 0.329 e. The number of alkyl halides is 1. The summed E-state index contributed by atoms with van der Waals surface area (Å²) in [5.74, 6) is -1.12. The van der Waals surface area contributed by atoms with Crippen molar-refractivity contribution < 1.29 is 23.9 Å². The summed E-state index contributed by atoms with van der Waals surface area (Å²) in [4.78, 5) is 54.2. The minimum atomic E-state index is -1.17. The van der Waals surface area contributed by atoms with Crippen molar-refractivity contribution in [2.45, 2.75) is 95.5 Å². The van der Waals surface area contributed by atoms with E-state index in [0.29, 0.717) is 35.8 Å². The van der Waals surface area contributed by atoms with Crippen molar-refractivity contribution in [3.8, 4) is 6.07 Å². The Hall–Kier alpha value is -5.72. The van der Waals surface area contributed by atoms with Crippen LogP contribution in [0.5, 0.6) is 0 Å². The Labute approximate surface area is 330 Å². The number of imide groups is 1. The van der Waals surface area contributed by atoms with Gasteiger partial charge in [0.05, 0.1) is 28.2 Å². The standard InChI is InChI=1S/C23H25N5O2.C13H13N3O3.C6H12FN/c1-23(2,30)18-12-20-15(14-28(27-20)17-8-4-3-5-9-17)11-21(18)26-22(29)19-10-6-7-16(13-24)25-19;1-15-8-4-2-3-5-9(8)16(13(15)19)10-6-7-11(17)14-12(10)18;1-8-4-2-3-6(7)5-8/h6-7,10-12,14,17,30H,3-5,8-9H2,1-2H3,(H,26,29);2-5,10H,6-7H2,1H3,(H,14,17,18);6H,2-5H2,1H3. The van der Waals surface area contributed by atoms with Crippen LogP contribution in [0.15, 0.2) is 65.6 Å². The number of benzene rings is 2. The third-order valence-corrected chi connectivity index (χ3v) is 10.7. The molecule has 3 fully saturated rings. The van der Waals surface area contributed by atoms with Gasteiger partial charge >= 0.3 is 5.69 Å². The topological polar surface area (TPSA) is 180 Å². The maximum Gasteiger partial charge on any atom is 0.329 e. The van der Waals surface area contributed by atoms with Gasteiger partial charge in [-0.25, -0.2) is 14.2 Å². The quantitative estimate of drug-likeness (QED) is 0.190. The number of carbonyl (C=O) groups is 3. The predicted octanol–water partition coefficient (Wildman–Crippen LogP) is 5.66. The lowest BCUT2D eigenvalue weighted by molar-refractivity contribution is -0.135. The molecule has 3 aromatic heterocycles. The maximum atomic E-state index is 12.8. The fraction of sp³-hybridized carbons (Fsp3) is 0.452. The summed E-state index contributed by atoms with van der Waals surface area (Å²) in [5, 5.41) is 30.5. The van der Waals surface area contributed by atoms with Crippen molar-refractivity contribution in [2.24, 2.45) is 7.05 Å². The van der Waals surface area contributed by atoms with Crippen LogP contribution in [0.2, 0.25) is 0 Å². The van der Waals surface area contributed by atoms with Gasteiger partial charge in [0, 0.05) is 42.8 Å². The Kier molecular flexibility index (Phi) is 12.6. The molecule has 2 aliphatic heterocycles. The first-order chi connectivity index (χ1) is 27.2. The number of pyridine rings is 1. The molecule has 2 unspecified atom stereocenters. The molecule has 5 heterocycles. The number of likely N-dealkylation sites (tertiary alicyclic amines) is 1. The molecule has 1 saturated carbocycles. The summed E-state index contributed by atoms with van der Waals surface area (Å²) in [6.07, 6.45) is 9.81. The van der Waals surface area contributed by atoms with Gasteiger partial charge in [-0.2, -0.15) is 10.4 Å². The van der Waals surface area contributed by atoms with E-state index in [4.69, 9.17) is 10.4 Å². The van der Waals surface area contributed by atoms with Crippen molar-refractivity contribution in [3.63, 3.8) is 0 Å². The lowest BCUT2D eigenvalue weighted by Crippen LogP contribution is -2.44. The average molecular weight is 780 g/mol. The number of hydrogen-bond donors (Lipinski definition) is 3. The molecule has 0 bridgehead atoms. The number of fused-ring (bicyclic) bond motifs is 2. The number of nitrogens with one attached hydrogen (secondary N) is 2. The van der Waals surface area contributed by atoms with Crippen molar-refractivity contribution >= 4 is 45.3 Å². The Balaban J connectivity index is 0.000000172. The Morgan fingerprint density at radius 3 is 2.37 bits per heavy atom. The zero-order valence-electron chi connectivity index (χ0n) is 32.9. The lowest BCUT2D eigenvalue weighted by atomic mass is 9.95. The number of anilines is 1. The number of halogens is 1. The second-order valence-corrected chi connectivity index (χ2v) is 15.6. The molecule has 2 saturated heterocycles. The highest BCUT2D eigenvalue weighted by Crippen LogP contribution is 2.34. The van der Waals surface area contributed by atoms with Crippen LogP contribution in [0.1, 0.15) is 105 Å². The Morgan fingerprint density at radius 2 is 1.72 bits per heavy atom. The number of amides is 3. The molecule has 57 heavy (non-hydrogen) atoms. The first-order valence-electron chi connectivity index (χ1n) is 19.5. The van der Waals surface area contributed by atoms with Gasteiger partial charge in [0.25, 0.3) is 5.91 Å². The zero-order valence-corrected chi connectivity index (χ0v) is 32.9. The molecule has 3 N–H and O–H groups in total. The second kappa shape index (κ2) is 17.6. The minimum absolute atomic E-state index is 0.147. The van der Waals surface area contributed by atoms with E-state index in [1.807, 2.05) is 59.2 Å². The van der Waals surface area contributed by atoms with Gasteiger partial charge in [-0.05, 0) is 95.9 Å². The van der Waals surface area contributed by atoms with E-state index in [1.54, 1.807) is 45.2 Å². The third-order valence-electron chi connectivity index (χ3n) is 10.7. The molecular weight excluding hydrogens is 730 g/mol. The zero-order chi connectivity index (χ0) is 40.9. The van der Waals surface area contributed by atoms with Crippen molar-refractivity contribution in [2.75, 3.05) is 25.5 Å². The van der Waals surface area contributed by atoms with E-state index in [0.717, 1.165) is 48.6 Å². The van der Waals surface area contributed by atoms with E-state index < -0.39 is 29.6 Å². The Morgan fingerprint density at radius 1 is 0.982 bits per heavy atom. The van der Waals surface area contributed by atoms with Crippen LogP contribution >= 0.6 is 0 Å². The number of piperidine rings is 2. The fourth-order valence-corrected chi connectivity index (χ4v) is 7.70. The van der Waals surface area contributed by atoms with E-state index in [2.05, 4.69) is 15.6 Å². The van der Waals surface area contributed by atoms with Gasteiger partial charge in [0.2, 0.25) is 11.8 Å². The molecule has 0 radical (unpaired) electrons. The number of aliphatic hydroxyl groups is 1. The Bertz CT molecular complexity index is 2360. The number of nitrogens with zero attached hydrogens (tertiary/aromatic N) is 7. The summed E-state index contributed by atoms with van der Waals surface area (Å²) >= 11 is 0. The molecule has 1 aliphatic carbocycles. The second-order valence-electron chi connectivity index (χ2n) is 15.6. The van der Waals surface area contributed by atoms with Crippen molar-refractivity contribution in [1.29, 1.82) is 5.26 Å². The molecule has 14 nitrogen and oxygen atoms in total. The van der Waals surface area contributed by atoms with Crippen LogP contribution in [0.25, 0.3) is 21.9 Å². The summed E-state index contributed by atoms with van der Waals surface area (Å²) in [7, 11) is 3.64. The van der Waals surface area contributed by atoms with Crippen LogP contribution in [-0.2, 0) is 22.2 Å². The van der Waals surface area contributed by atoms with Gasteiger partial charge in [0.15, 0.2) is 0 Å². The molecule has 300 valence electrons. The molecular formula is C42H50FN9O5. The highest BCUT2D eigenvalue weighted by atomic mass is 19.1. The van der Waals surface area contributed by atoms with Crippen LogP contribution in [0, 0.1) is 11.3 Å².